The molecule has 0 unspecified atom stereocenters. The van der Waals surface area contributed by atoms with Crippen LogP contribution in [0.3, 0.4) is 0 Å². The molecule has 0 radical (unpaired) electrons. The third-order valence-electron chi connectivity index (χ3n) is 13.5. The van der Waals surface area contributed by atoms with Crippen molar-refractivity contribution in [1.29, 1.82) is 0 Å². The molecule has 5 aromatic carbocycles. The Morgan fingerprint density at radius 2 is 0.787 bits per heavy atom. The molecule has 5 aromatic rings. The van der Waals surface area contributed by atoms with Gasteiger partial charge in [-0.15, -0.1) is 11.8 Å². The fourth-order valence-electron chi connectivity index (χ4n) is 10.5. The third kappa shape index (κ3) is 8.84. The highest BCUT2D eigenvalue weighted by atomic mass is 32.2. The molecular weight excluding hydrogens is 773 g/mol. The fourth-order valence-corrected chi connectivity index (χ4v) is 11.6. The quantitative estimate of drug-likeness (QED) is 0.0215. The SMILES string of the molecule is CCCCCCC(CCCCCC)N1C(=O)c2ccc3c4ccc5c6c(cc(SC(C)(C)C)c(c7ccc(c2c37)C1=O)c64)C(=O)N(C(CCCCCC)CCCCCC)C5=O. The summed E-state index contributed by atoms with van der Waals surface area (Å²) in [6, 6.07) is 13.8. The molecule has 7 heteroatoms. The first-order chi connectivity index (χ1) is 29.5. The molecule has 0 bridgehead atoms. The standard InChI is InChI=1S/C54H70N2O4S/c1-8-12-16-20-24-35(25-21-17-13-9-2)55-50(57)40-31-28-37-38-29-32-42-47-43(53(60)56(52(42)59)36(26-22-18-14-10-3)27-23-19-15-11-4)34-44(61-54(5,6)7)48(49(38)47)39-30-33-41(51(55)58)46(40)45(37)39/h28-36H,8-27H2,1-7H3. The van der Waals surface area contributed by atoms with Gasteiger partial charge < -0.3 is 0 Å². The molecule has 0 atom stereocenters. The third-order valence-corrected chi connectivity index (χ3v) is 14.6. The maximum Gasteiger partial charge on any atom is 0.261 e. The van der Waals surface area contributed by atoms with Crippen molar-refractivity contribution in [2.75, 3.05) is 0 Å². The van der Waals surface area contributed by atoms with Crippen molar-refractivity contribution in [2.45, 2.75) is 199 Å². The second-order valence-corrected chi connectivity index (χ2v) is 21.0. The van der Waals surface area contributed by atoms with Crippen LogP contribution in [0.4, 0.5) is 0 Å². The Bertz CT molecular complexity index is 2360. The summed E-state index contributed by atoms with van der Waals surface area (Å²) in [6.45, 7) is 15.4. The molecular formula is C54H70N2O4S. The van der Waals surface area contributed by atoms with Gasteiger partial charge in [0.15, 0.2) is 0 Å². The van der Waals surface area contributed by atoms with Gasteiger partial charge in [-0.05, 0) is 71.5 Å². The summed E-state index contributed by atoms with van der Waals surface area (Å²) in [5.74, 6) is -0.742. The number of amides is 4. The average molecular weight is 843 g/mol. The number of imide groups is 2. The van der Waals surface area contributed by atoms with Gasteiger partial charge in [0.1, 0.15) is 0 Å². The zero-order chi connectivity index (χ0) is 43.4. The number of hydrogen-bond acceptors (Lipinski definition) is 5. The molecule has 0 aliphatic carbocycles. The lowest BCUT2D eigenvalue weighted by Crippen LogP contribution is -2.47. The molecule has 0 saturated carbocycles. The molecule has 326 valence electrons. The Morgan fingerprint density at radius 3 is 1.18 bits per heavy atom. The summed E-state index contributed by atoms with van der Waals surface area (Å²) in [7, 11) is 0. The van der Waals surface area contributed by atoms with Gasteiger partial charge in [-0.25, -0.2) is 0 Å². The van der Waals surface area contributed by atoms with E-state index in [1.165, 1.54) is 0 Å². The van der Waals surface area contributed by atoms with Crippen LogP contribution in [0.25, 0.3) is 43.1 Å². The average Bonchev–Trinajstić information content (AvgIpc) is 3.23. The number of fused-ring (bicyclic) bond motifs is 2. The molecule has 2 aliphatic rings. The molecule has 4 amide bonds. The van der Waals surface area contributed by atoms with Crippen LogP contribution in [0.5, 0.6) is 0 Å². The zero-order valence-electron chi connectivity index (χ0n) is 38.3. The predicted octanol–water partition coefficient (Wildman–Crippen LogP) is 15.4. The second kappa shape index (κ2) is 19.6. The Morgan fingerprint density at radius 1 is 0.426 bits per heavy atom. The molecule has 61 heavy (non-hydrogen) atoms. The number of benzene rings is 5. The van der Waals surface area contributed by atoms with Gasteiger partial charge >= 0.3 is 0 Å². The minimum absolute atomic E-state index is 0.127. The molecule has 2 heterocycles. The number of unbranched alkanes of at least 4 members (excludes halogenated alkanes) is 12. The summed E-state index contributed by atoms with van der Waals surface area (Å²) in [5, 5.41) is 7.14. The number of nitrogens with zero attached hydrogens (tertiary/aromatic N) is 2. The van der Waals surface area contributed by atoms with Crippen molar-refractivity contribution in [1.82, 2.24) is 9.80 Å². The molecule has 7 rings (SSSR count). The summed E-state index contributed by atoms with van der Waals surface area (Å²) < 4.78 is -0.189. The van der Waals surface area contributed by atoms with Crippen molar-refractivity contribution in [3.05, 3.63) is 64.7 Å². The van der Waals surface area contributed by atoms with E-state index in [-0.39, 0.29) is 40.5 Å². The van der Waals surface area contributed by atoms with Crippen molar-refractivity contribution in [2.24, 2.45) is 0 Å². The van der Waals surface area contributed by atoms with E-state index in [1.54, 1.807) is 21.6 Å². The minimum atomic E-state index is -0.189. The Labute approximate surface area is 369 Å². The molecule has 0 fully saturated rings. The lowest BCUT2D eigenvalue weighted by Gasteiger charge is -2.36. The van der Waals surface area contributed by atoms with Gasteiger partial charge in [0, 0.05) is 65.5 Å². The second-order valence-electron chi connectivity index (χ2n) is 19.2. The largest absolute Gasteiger partial charge is 0.271 e. The van der Waals surface area contributed by atoms with Gasteiger partial charge in [0.05, 0.1) is 0 Å². The van der Waals surface area contributed by atoms with Crippen molar-refractivity contribution in [3.63, 3.8) is 0 Å². The Kier molecular flexibility index (Phi) is 14.5. The van der Waals surface area contributed by atoms with Crippen LogP contribution in [0.1, 0.15) is 218 Å². The molecule has 0 spiro atoms. The van der Waals surface area contributed by atoms with Gasteiger partial charge in [-0.1, -0.05) is 169 Å². The Hall–Kier alpha value is -3.97. The molecule has 0 aromatic heterocycles. The number of rotatable bonds is 23. The topological polar surface area (TPSA) is 74.8 Å². The molecule has 2 aliphatic heterocycles. The Balaban J connectivity index is 1.39. The lowest BCUT2D eigenvalue weighted by atomic mass is 9.81. The summed E-state index contributed by atoms with van der Waals surface area (Å²) in [6.07, 6.45) is 20.9. The van der Waals surface area contributed by atoms with Gasteiger partial charge in [-0.2, -0.15) is 0 Å². The summed E-state index contributed by atoms with van der Waals surface area (Å²) >= 11 is 1.74. The maximum absolute atomic E-state index is 15.0. The summed E-state index contributed by atoms with van der Waals surface area (Å²) in [4.78, 5) is 63.6. The normalized spacial score (nSPS) is 14.6. The van der Waals surface area contributed by atoms with E-state index in [4.69, 9.17) is 0 Å². The number of hydrogen-bond donors (Lipinski definition) is 0. The van der Waals surface area contributed by atoms with E-state index in [9.17, 15) is 14.4 Å². The van der Waals surface area contributed by atoms with Crippen LogP contribution in [-0.4, -0.2) is 50.3 Å². The van der Waals surface area contributed by atoms with Crippen molar-refractivity contribution in [3.8, 4) is 0 Å². The first-order valence-electron chi connectivity index (χ1n) is 24.2. The van der Waals surface area contributed by atoms with Gasteiger partial charge in [-0.3, -0.25) is 29.0 Å². The lowest BCUT2D eigenvalue weighted by molar-refractivity contribution is 0.0501. The highest BCUT2D eigenvalue weighted by Gasteiger charge is 2.41. The first-order valence-corrected chi connectivity index (χ1v) is 25.0. The minimum Gasteiger partial charge on any atom is -0.271 e. The fraction of sp³-hybridized carbons (Fsp3) is 0.556. The van der Waals surface area contributed by atoms with E-state index in [0.717, 1.165) is 176 Å². The number of carbonyl (C=O) groups excluding carboxylic acids is 4. The highest BCUT2D eigenvalue weighted by Crippen LogP contribution is 2.51. The van der Waals surface area contributed by atoms with Crippen LogP contribution in [0.2, 0.25) is 0 Å². The smallest absolute Gasteiger partial charge is 0.261 e. The summed E-state index contributed by atoms with van der Waals surface area (Å²) in [5.41, 5.74) is 2.37. The number of carbonyl (C=O) groups is 4. The maximum atomic E-state index is 15.0. The van der Waals surface area contributed by atoms with Crippen LogP contribution < -0.4 is 0 Å². The van der Waals surface area contributed by atoms with E-state index < -0.39 is 0 Å². The van der Waals surface area contributed by atoms with Crippen LogP contribution >= 0.6 is 11.8 Å². The van der Waals surface area contributed by atoms with Crippen molar-refractivity contribution < 1.29 is 19.2 Å². The first kappa shape index (κ1) is 45.1. The zero-order valence-corrected chi connectivity index (χ0v) is 39.1. The molecule has 6 nitrogen and oxygen atoms in total. The molecule has 0 saturated heterocycles. The highest BCUT2D eigenvalue weighted by molar-refractivity contribution is 8.00. The van der Waals surface area contributed by atoms with Gasteiger partial charge in [0.2, 0.25) is 0 Å². The number of thioether (sulfide) groups is 1. The predicted molar refractivity (Wildman–Crippen MR) is 257 cm³/mol. The molecule has 0 N–H and O–H groups in total. The van der Waals surface area contributed by atoms with Gasteiger partial charge in [0.25, 0.3) is 23.6 Å². The van der Waals surface area contributed by atoms with E-state index in [0.29, 0.717) is 22.3 Å². The van der Waals surface area contributed by atoms with E-state index in [1.807, 2.05) is 18.2 Å². The monoisotopic (exact) mass is 843 g/mol. The van der Waals surface area contributed by atoms with E-state index in [2.05, 4.69) is 72.7 Å². The van der Waals surface area contributed by atoms with Crippen LogP contribution in [-0.2, 0) is 0 Å². The van der Waals surface area contributed by atoms with Crippen LogP contribution in [0, 0.1) is 0 Å². The van der Waals surface area contributed by atoms with Crippen LogP contribution in [0.15, 0.2) is 47.4 Å². The van der Waals surface area contributed by atoms with Crippen molar-refractivity contribution >= 4 is 78.5 Å². The van der Waals surface area contributed by atoms with E-state index >= 15 is 4.79 Å².